The molecule has 0 aromatic heterocycles. The zero-order valence-electron chi connectivity index (χ0n) is 10.9. The SMILES string of the molecule is Cc1ccc(NS(=O)(=O)CC2CCNCC2)cc1Cl. The van der Waals surface area contributed by atoms with Gasteiger partial charge in [0.25, 0.3) is 0 Å². The smallest absolute Gasteiger partial charge is 0.232 e. The minimum absolute atomic E-state index is 0.181. The maximum Gasteiger partial charge on any atom is 0.232 e. The number of rotatable bonds is 4. The molecule has 0 radical (unpaired) electrons. The maximum absolute atomic E-state index is 12.1. The van der Waals surface area contributed by atoms with Gasteiger partial charge >= 0.3 is 0 Å². The molecule has 1 aliphatic heterocycles. The van der Waals surface area contributed by atoms with Crippen LogP contribution in [-0.2, 0) is 10.0 Å². The Morgan fingerprint density at radius 3 is 2.68 bits per heavy atom. The van der Waals surface area contributed by atoms with Gasteiger partial charge in [0.2, 0.25) is 10.0 Å². The topological polar surface area (TPSA) is 58.2 Å². The number of benzene rings is 1. The van der Waals surface area contributed by atoms with Crippen LogP contribution in [0.15, 0.2) is 18.2 Å². The lowest BCUT2D eigenvalue weighted by Crippen LogP contribution is -2.33. The highest BCUT2D eigenvalue weighted by Crippen LogP contribution is 2.22. The first kappa shape index (κ1) is 14.6. The predicted molar refractivity (Wildman–Crippen MR) is 79.2 cm³/mol. The number of hydrogen-bond acceptors (Lipinski definition) is 3. The lowest BCUT2D eigenvalue weighted by molar-refractivity contribution is 0.402. The van der Waals surface area contributed by atoms with E-state index in [1.165, 1.54) is 0 Å². The number of sulfonamides is 1. The van der Waals surface area contributed by atoms with Crippen LogP contribution in [0.3, 0.4) is 0 Å². The van der Waals surface area contributed by atoms with Crippen molar-refractivity contribution in [1.82, 2.24) is 5.32 Å². The van der Waals surface area contributed by atoms with E-state index < -0.39 is 10.0 Å². The number of halogens is 1. The standard InChI is InChI=1S/C13H19ClN2O2S/c1-10-2-3-12(8-13(10)14)16-19(17,18)9-11-4-6-15-7-5-11/h2-3,8,11,15-16H,4-7,9H2,1H3. The number of piperidine rings is 1. The molecule has 1 saturated heterocycles. The molecule has 1 fully saturated rings. The minimum Gasteiger partial charge on any atom is -0.317 e. The van der Waals surface area contributed by atoms with Crippen molar-refractivity contribution in [3.63, 3.8) is 0 Å². The largest absolute Gasteiger partial charge is 0.317 e. The summed E-state index contributed by atoms with van der Waals surface area (Å²) < 4.78 is 26.8. The summed E-state index contributed by atoms with van der Waals surface area (Å²) in [5, 5.41) is 3.80. The normalized spacial score (nSPS) is 17.4. The van der Waals surface area contributed by atoms with E-state index in [0.29, 0.717) is 10.7 Å². The minimum atomic E-state index is -3.30. The summed E-state index contributed by atoms with van der Waals surface area (Å²) in [4.78, 5) is 0. The van der Waals surface area contributed by atoms with Gasteiger partial charge in [-0.15, -0.1) is 0 Å². The summed E-state index contributed by atoms with van der Waals surface area (Å²) in [6, 6.07) is 5.20. The highest BCUT2D eigenvalue weighted by molar-refractivity contribution is 7.92. The highest BCUT2D eigenvalue weighted by Gasteiger charge is 2.21. The first-order valence-corrected chi connectivity index (χ1v) is 8.47. The Hall–Kier alpha value is -0.780. The van der Waals surface area contributed by atoms with Crippen LogP contribution in [0.1, 0.15) is 18.4 Å². The Balaban J connectivity index is 2.01. The Bertz CT molecular complexity index is 540. The van der Waals surface area contributed by atoms with Crippen LogP contribution >= 0.6 is 11.6 Å². The average Bonchev–Trinajstić information content (AvgIpc) is 2.34. The molecule has 1 heterocycles. The van der Waals surface area contributed by atoms with Crippen LogP contribution in [0, 0.1) is 12.8 Å². The van der Waals surface area contributed by atoms with Crippen LogP contribution in [-0.4, -0.2) is 27.3 Å². The summed E-state index contributed by atoms with van der Waals surface area (Å²) in [7, 11) is -3.30. The van der Waals surface area contributed by atoms with Gasteiger partial charge in [-0.25, -0.2) is 8.42 Å². The molecule has 6 heteroatoms. The first-order chi connectivity index (χ1) is 8.96. The van der Waals surface area contributed by atoms with Gasteiger partial charge < -0.3 is 5.32 Å². The van der Waals surface area contributed by atoms with Crippen LogP contribution in [0.4, 0.5) is 5.69 Å². The van der Waals surface area contributed by atoms with E-state index in [0.717, 1.165) is 31.5 Å². The number of anilines is 1. The van der Waals surface area contributed by atoms with Gasteiger partial charge in [0.1, 0.15) is 0 Å². The molecular weight excluding hydrogens is 284 g/mol. The second-order valence-electron chi connectivity index (χ2n) is 5.04. The number of hydrogen-bond donors (Lipinski definition) is 2. The zero-order valence-corrected chi connectivity index (χ0v) is 12.5. The molecule has 19 heavy (non-hydrogen) atoms. The third-order valence-electron chi connectivity index (χ3n) is 3.36. The van der Waals surface area contributed by atoms with E-state index in [4.69, 9.17) is 11.6 Å². The quantitative estimate of drug-likeness (QED) is 0.898. The summed E-state index contributed by atoms with van der Waals surface area (Å²) in [5.74, 6) is 0.417. The second-order valence-corrected chi connectivity index (χ2v) is 7.21. The van der Waals surface area contributed by atoms with Gasteiger partial charge in [0.05, 0.1) is 5.75 Å². The monoisotopic (exact) mass is 302 g/mol. The Labute approximate surface area is 119 Å². The molecule has 0 amide bonds. The molecule has 0 atom stereocenters. The Morgan fingerprint density at radius 2 is 2.05 bits per heavy atom. The van der Waals surface area contributed by atoms with Crippen molar-refractivity contribution in [3.8, 4) is 0 Å². The van der Waals surface area contributed by atoms with Gasteiger partial charge in [0.15, 0.2) is 0 Å². The molecule has 4 nitrogen and oxygen atoms in total. The van der Waals surface area contributed by atoms with E-state index in [2.05, 4.69) is 10.0 Å². The fourth-order valence-corrected chi connectivity index (χ4v) is 3.94. The number of aryl methyl sites for hydroxylation is 1. The van der Waals surface area contributed by atoms with Crippen molar-refractivity contribution in [3.05, 3.63) is 28.8 Å². The molecule has 0 unspecified atom stereocenters. The Morgan fingerprint density at radius 1 is 1.37 bits per heavy atom. The fraction of sp³-hybridized carbons (Fsp3) is 0.538. The van der Waals surface area contributed by atoms with E-state index >= 15 is 0 Å². The summed E-state index contributed by atoms with van der Waals surface area (Å²) in [5.41, 5.74) is 1.47. The van der Waals surface area contributed by atoms with Gasteiger partial charge in [-0.05, 0) is 56.5 Å². The zero-order chi connectivity index (χ0) is 13.9. The molecule has 0 spiro atoms. The molecule has 0 bridgehead atoms. The molecule has 0 aliphatic carbocycles. The fourth-order valence-electron chi connectivity index (χ4n) is 2.24. The van der Waals surface area contributed by atoms with Crippen molar-refractivity contribution in [2.45, 2.75) is 19.8 Å². The average molecular weight is 303 g/mol. The molecule has 1 aromatic carbocycles. The van der Waals surface area contributed by atoms with Crippen LogP contribution < -0.4 is 10.0 Å². The second kappa shape index (κ2) is 6.11. The molecule has 2 rings (SSSR count). The molecule has 1 aliphatic rings. The third-order valence-corrected chi connectivity index (χ3v) is 5.22. The van der Waals surface area contributed by atoms with Crippen molar-refractivity contribution in [2.24, 2.45) is 5.92 Å². The van der Waals surface area contributed by atoms with Gasteiger partial charge in [-0.2, -0.15) is 0 Å². The first-order valence-electron chi connectivity index (χ1n) is 6.44. The van der Waals surface area contributed by atoms with E-state index in [1.807, 2.05) is 13.0 Å². The highest BCUT2D eigenvalue weighted by atomic mass is 35.5. The predicted octanol–water partition coefficient (Wildman–Crippen LogP) is 2.39. The van der Waals surface area contributed by atoms with Crippen molar-refractivity contribution in [1.29, 1.82) is 0 Å². The van der Waals surface area contributed by atoms with Crippen molar-refractivity contribution >= 4 is 27.3 Å². The summed E-state index contributed by atoms with van der Waals surface area (Å²) >= 11 is 5.99. The maximum atomic E-state index is 12.1. The lowest BCUT2D eigenvalue weighted by Gasteiger charge is -2.22. The third kappa shape index (κ3) is 4.37. The molecule has 0 saturated carbocycles. The van der Waals surface area contributed by atoms with Gasteiger partial charge in [-0.1, -0.05) is 17.7 Å². The van der Waals surface area contributed by atoms with Crippen LogP contribution in [0.2, 0.25) is 5.02 Å². The molecule has 106 valence electrons. The van der Waals surface area contributed by atoms with Crippen molar-refractivity contribution in [2.75, 3.05) is 23.6 Å². The molecule has 1 aromatic rings. The summed E-state index contributed by atoms with van der Waals surface area (Å²) in [6.45, 7) is 3.68. The van der Waals surface area contributed by atoms with E-state index in [-0.39, 0.29) is 11.7 Å². The van der Waals surface area contributed by atoms with Crippen LogP contribution in [0.5, 0.6) is 0 Å². The van der Waals surface area contributed by atoms with Gasteiger partial charge in [0, 0.05) is 10.7 Å². The Kier molecular flexibility index (Phi) is 4.71. The summed E-state index contributed by atoms with van der Waals surface area (Å²) in [6.07, 6.45) is 1.82. The number of nitrogens with one attached hydrogen (secondary N) is 2. The molecule has 2 N–H and O–H groups in total. The molecular formula is C13H19ClN2O2S. The lowest BCUT2D eigenvalue weighted by atomic mass is 10.0. The van der Waals surface area contributed by atoms with E-state index in [9.17, 15) is 8.42 Å². The van der Waals surface area contributed by atoms with Crippen LogP contribution in [0.25, 0.3) is 0 Å². The van der Waals surface area contributed by atoms with E-state index in [1.54, 1.807) is 12.1 Å². The van der Waals surface area contributed by atoms with Crippen molar-refractivity contribution < 1.29 is 8.42 Å². The van der Waals surface area contributed by atoms with Gasteiger partial charge in [-0.3, -0.25) is 4.72 Å².